The molecule has 2 amide bonds. The van der Waals surface area contributed by atoms with E-state index in [2.05, 4.69) is 5.32 Å². The first-order chi connectivity index (χ1) is 15.1. The molecule has 2 aromatic rings. The Labute approximate surface area is 210 Å². The van der Waals surface area contributed by atoms with Crippen LogP contribution in [-0.2, 0) is 25.7 Å². The summed E-state index contributed by atoms with van der Waals surface area (Å²) in [5.41, 5.74) is 6.66. The third kappa shape index (κ3) is 4.68. The monoisotopic (exact) mass is 589 g/mol. The second kappa shape index (κ2) is 9.50. The zero-order valence-electron chi connectivity index (χ0n) is 18.1. The lowest BCUT2D eigenvalue weighted by Gasteiger charge is -2.44. The van der Waals surface area contributed by atoms with Crippen LogP contribution in [-0.4, -0.2) is 44.9 Å². The fourth-order valence-corrected chi connectivity index (χ4v) is 5.52. The van der Waals surface area contributed by atoms with Gasteiger partial charge in [-0.3, -0.25) is 9.59 Å². The predicted molar refractivity (Wildman–Crippen MR) is 129 cm³/mol. The molecule has 2 saturated heterocycles. The highest BCUT2D eigenvalue weighted by Crippen LogP contribution is 2.51. The SMILES string of the molecule is Cc1oc(=O)oc1COC(=O)[C@@H]1N2C(=O)[C@@H](NC(=O)[C@H](N)c3ccccc3)[C@H]2SC1(C)C.I. The van der Waals surface area contributed by atoms with E-state index < -0.39 is 45.9 Å². The summed E-state index contributed by atoms with van der Waals surface area (Å²) >= 11 is 1.40. The lowest BCUT2D eigenvalue weighted by atomic mass is 9.95. The molecule has 3 heterocycles. The summed E-state index contributed by atoms with van der Waals surface area (Å²) in [7, 11) is 0. The maximum absolute atomic E-state index is 12.8. The number of rotatable bonds is 6. The van der Waals surface area contributed by atoms with Crippen molar-refractivity contribution in [1.29, 1.82) is 0 Å². The van der Waals surface area contributed by atoms with Crippen molar-refractivity contribution in [3.63, 3.8) is 0 Å². The van der Waals surface area contributed by atoms with Crippen LogP contribution in [0.3, 0.4) is 0 Å². The molecule has 0 radical (unpaired) electrons. The van der Waals surface area contributed by atoms with Crippen LogP contribution in [0.2, 0.25) is 0 Å². The minimum absolute atomic E-state index is 0. The van der Waals surface area contributed by atoms with Crippen LogP contribution in [0.1, 0.15) is 37.0 Å². The number of amides is 2. The van der Waals surface area contributed by atoms with Crippen molar-refractivity contribution in [1.82, 2.24) is 10.2 Å². The number of aryl methyl sites for hydroxylation is 1. The Morgan fingerprint density at radius 2 is 1.91 bits per heavy atom. The molecule has 1 aromatic heterocycles. The molecule has 4 atom stereocenters. The zero-order valence-corrected chi connectivity index (χ0v) is 21.2. The minimum atomic E-state index is -0.911. The first-order valence-electron chi connectivity index (χ1n) is 9.97. The highest BCUT2D eigenvalue weighted by molar-refractivity contribution is 14.0. The topological polar surface area (TPSA) is 145 Å². The minimum Gasteiger partial charge on any atom is -0.456 e. The third-order valence-electron chi connectivity index (χ3n) is 5.58. The van der Waals surface area contributed by atoms with Gasteiger partial charge in [0.05, 0.1) is 0 Å². The highest BCUT2D eigenvalue weighted by Gasteiger charge is 2.64. The van der Waals surface area contributed by atoms with Crippen LogP contribution in [0.4, 0.5) is 0 Å². The van der Waals surface area contributed by atoms with Gasteiger partial charge in [-0.25, -0.2) is 9.59 Å². The molecule has 0 spiro atoms. The number of thioether (sulfide) groups is 1. The summed E-state index contributed by atoms with van der Waals surface area (Å²) in [5, 5.41) is 2.29. The van der Waals surface area contributed by atoms with Gasteiger partial charge in [-0.15, -0.1) is 35.7 Å². The van der Waals surface area contributed by atoms with Crippen molar-refractivity contribution in [2.24, 2.45) is 5.73 Å². The molecule has 2 aliphatic heterocycles. The van der Waals surface area contributed by atoms with Crippen molar-refractivity contribution in [3.05, 3.63) is 58.0 Å². The largest absolute Gasteiger partial charge is 0.519 e. The lowest BCUT2D eigenvalue weighted by Crippen LogP contribution is -2.71. The molecule has 2 aliphatic rings. The fraction of sp³-hybridized carbons (Fsp3) is 0.429. The maximum Gasteiger partial charge on any atom is 0.519 e. The summed E-state index contributed by atoms with van der Waals surface area (Å²) in [6.07, 6.45) is 0. The number of ether oxygens (including phenoxy) is 1. The summed E-state index contributed by atoms with van der Waals surface area (Å²) in [6, 6.07) is 6.30. The van der Waals surface area contributed by atoms with Crippen molar-refractivity contribution < 1.29 is 28.0 Å². The molecular formula is C21H24IN3O7S. The van der Waals surface area contributed by atoms with Gasteiger partial charge in [-0.2, -0.15) is 0 Å². The van der Waals surface area contributed by atoms with Gasteiger partial charge in [0.2, 0.25) is 11.8 Å². The Balaban J connectivity index is 0.00000306. The van der Waals surface area contributed by atoms with E-state index in [1.165, 1.54) is 23.6 Å². The molecule has 3 N–H and O–H groups in total. The highest BCUT2D eigenvalue weighted by atomic mass is 127. The molecule has 0 saturated carbocycles. The maximum atomic E-state index is 12.8. The van der Waals surface area contributed by atoms with Gasteiger partial charge >= 0.3 is 11.8 Å². The van der Waals surface area contributed by atoms with Crippen LogP contribution in [0.25, 0.3) is 0 Å². The smallest absolute Gasteiger partial charge is 0.456 e. The van der Waals surface area contributed by atoms with Crippen molar-refractivity contribution >= 4 is 53.5 Å². The number of carbonyl (C=O) groups is 3. The van der Waals surface area contributed by atoms with E-state index in [0.29, 0.717) is 5.56 Å². The Hall–Kier alpha value is -2.32. The first kappa shape index (κ1) is 25.3. The Morgan fingerprint density at radius 1 is 1.24 bits per heavy atom. The van der Waals surface area contributed by atoms with Crippen LogP contribution >= 0.6 is 35.7 Å². The number of nitrogens with one attached hydrogen (secondary N) is 1. The number of nitrogens with zero attached hydrogens (tertiary/aromatic N) is 1. The molecule has 0 bridgehead atoms. The number of nitrogens with two attached hydrogens (primary N) is 1. The molecule has 0 unspecified atom stereocenters. The standard InChI is InChI=1S/C21H23N3O7S.HI/c1-10-12(31-20(28)30-10)9-29-19(27)15-21(2,3)32-18-14(17(26)24(15)18)23-16(25)13(22)11-7-5-4-6-8-11;/h4-8,13-15,18H,9,22H2,1-3H3,(H,23,25);1H/t13-,14-,15+,18-;/m1./s1. The van der Waals surface area contributed by atoms with E-state index in [0.717, 1.165) is 0 Å². The third-order valence-corrected chi connectivity index (χ3v) is 7.16. The van der Waals surface area contributed by atoms with E-state index in [1.807, 2.05) is 19.9 Å². The Kier molecular flexibility index (Phi) is 7.29. The molecule has 12 heteroatoms. The average molecular weight is 589 g/mol. The second-order valence-corrected chi connectivity index (χ2v) is 9.95. The van der Waals surface area contributed by atoms with E-state index in [9.17, 15) is 19.2 Å². The number of fused-ring (bicyclic) bond motifs is 1. The van der Waals surface area contributed by atoms with Crippen LogP contribution < -0.4 is 16.9 Å². The molecule has 178 valence electrons. The average Bonchev–Trinajstić information content (AvgIpc) is 3.22. The Morgan fingerprint density at radius 3 is 2.52 bits per heavy atom. The Bertz CT molecular complexity index is 1120. The number of hydrogen-bond donors (Lipinski definition) is 2. The van der Waals surface area contributed by atoms with Crippen molar-refractivity contribution in [2.75, 3.05) is 0 Å². The number of hydrogen-bond acceptors (Lipinski definition) is 9. The predicted octanol–water partition coefficient (Wildman–Crippen LogP) is 1.45. The molecule has 4 rings (SSSR count). The van der Waals surface area contributed by atoms with Crippen molar-refractivity contribution in [2.45, 2.75) is 55.6 Å². The fourth-order valence-electron chi connectivity index (χ4n) is 3.90. The zero-order chi connectivity index (χ0) is 23.2. The molecule has 10 nitrogen and oxygen atoms in total. The van der Waals surface area contributed by atoms with Gasteiger partial charge in [0.1, 0.15) is 23.5 Å². The molecule has 33 heavy (non-hydrogen) atoms. The van der Waals surface area contributed by atoms with Gasteiger partial charge in [-0.1, -0.05) is 30.3 Å². The van der Waals surface area contributed by atoms with Crippen LogP contribution in [0.15, 0.2) is 44.0 Å². The molecule has 0 aliphatic carbocycles. The number of β-lactam (4-membered cyclic amide) rings is 1. The molecule has 1 aromatic carbocycles. The van der Waals surface area contributed by atoms with E-state index in [1.54, 1.807) is 24.3 Å². The van der Waals surface area contributed by atoms with E-state index in [-0.39, 0.29) is 48.0 Å². The second-order valence-electron chi connectivity index (χ2n) is 8.18. The van der Waals surface area contributed by atoms with E-state index >= 15 is 0 Å². The van der Waals surface area contributed by atoms with E-state index in [4.69, 9.17) is 19.3 Å². The van der Waals surface area contributed by atoms with Crippen LogP contribution in [0, 0.1) is 6.92 Å². The van der Waals surface area contributed by atoms with Crippen LogP contribution in [0.5, 0.6) is 0 Å². The summed E-state index contributed by atoms with van der Waals surface area (Å²) < 4.78 is 14.2. The quantitative estimate of drug-likeness (QED) is 0.291. The van der Waals surface area contributed by atoms with Gasteiger partial charge in [0, 0.05) is 4.75 Å². The number of carbonyl (C=O) groups excluding carboxylic acids is 3. The number of halogens is 1. The van der Waals surface area contributed by atoms with Gasteiger partial charge in [0.25, 0.3) is 0 Å². The van der Waals surface area contributed by atoms with Crippen molar-refractivity contribution in [3.8, 4) is 0 Å². The first-order valence-corrected chi connectivity index (χ1v) is 10.8. The molecule has 2 fully saturated rings. The van der Waals surface area contributed by atoms with Gasteiger partial charge < -0.3 is 29.5 Å². The van der Waals surface area contributed by atoms with Gasteiger partial charge in [0.15, 0.2) is 18.1 Å². The lowest BCUT2D eigenvalue weighted by molar-refractivity contribution is -0.165. The number of esters is 1. The summed E-state index contributed by atoms with van der Waals surface area (Å²) in [4.78, 5) is 50.8. The summed E-state index contributed by atoms with van der Waals surface area (Å²) in [6.45, 7) is 4.89. The molecular weight excluding hydrogens is 565 g/mol. The summed E-state index contributed by atoms with van der Waals surface area (Å²) in [5.74, 6) is -2.03. The van der Waals surface area contributed by atoms with Gasteiger partial charge in [-0.05, 0) is 26.3 Å². The number of benzene rings is 1. The normalized spacial score (nSPS) is 23.7.